The van der Waals surface area contributed by atoms with Crippen LogP contribution in [0.1, 0.15) is 27.2 Å². The summed E-state index contributed by atoms with van der Waals surface area (Å²) in [6, 6.07) is 0. The standard InChI is InChI=1S/C10H17NO4/c1-10(2,3)15-8(13)6-7(12)9(14)11(4)5/h6H2,1-5H3. The lowest BCUT2D eigenvalue weighted by Crippen LogP contribution is -2.33. The number of hydrogen-bond donors (Lipinski definition) is 0. The van der Waals surface area contributed by atoms with E-state index in [1.54, 1.807) is 20.8 Å². The normalized spacial score (nSPS) is 10.7. The maximum absolute atomic E-state index is 11.2. The van der Waals surface area contributed by atoms with Gasteiger partial charge in [0, 0.05) is 14.1 Å². The van der Waals surface area contributed by atoms with Crippen molar-refractivity contribution in [3.05, 3.63) is 0 Å². The Bertz CT molecular complexity index is 276. The van der Waals surface area contributed by atoms with Gasteiger partial charge in [0.15, 0.2) is 0 Å². The summed E-state index contributed by atoms with van der Waals surface area (Å²) in [5.41, 5.74) is -0.640. The zero-order chi connectivity index (χ0) is 12.2. The van der Waals surface area contributed by atoms with Crippen molar-refractivity contribution in [2.24, 2.45) is 0 Å². The fourth-order valence-electron chi connectivity index (χ4n) is 0.834. The molecule has 0 aliphatic rings. The van der Waals surface area contributed by atoms with Crippen LogP contribution in [0.3, 0.4) is 0 Å². The highest BCUT2D eigenvalue weighted by molar-refractivity contribution is 6.38. The average Bonchev–Trinajstić information content (AvgIpc) is 1.98. The van der Waals surface area contributed by atoms with Crippen LogP contribution in [-0.2, 0) is 19.1 Å². The Hall–Kier alpha value is -1.39. The van der Waals surface area contributed by atoms with Gasteiger partial charge in [-0.3, -0.25) is 14.4 Å². The Morgan fingerprint density at radius 1 is 1.13 bits per heavy atom. The maximum atomic E-state index is 11.2. The molecule has 0 aromatic heterocycles. The number of rotatable bonds is 3. The van der Waals surface area contributed by atoms with E-state index in [0.29, 0.717) is 0 Å². The zero-order valence-electron chi connectivity index (χ0n) is 9.79. The third kappa shape index (κ3) is 5.83. The van der Waals surface area contributed by atoms with Crippen LogP contribution < -0.4 is 0 Å². The number of carbonyl (C=O) groups is 3. The van der Waals surface area contributed by atoms with Crippen LogP contribution in [0.15, 0.2) is 0 Å². The van der Waals surface area contributed by atoms with Gasteiger partial charge in [0.1, 0.15) is 12.0 Å². The number of Topliss-reactive ketones (excluding diaryl/α,β-unsaturated/α-hetero) is 1. The Kier molecular flexibility index (Phi) is 4.45. The highest BCUT2D eigenvalue weighted by Gasteiger charge is 2.23. The molecule has 5 nitrogen and oxygen atoms in total. The van der Waals surface area contributed by atoms with Crippen LogP contribution in [0.2, 0.25) is 0 Å². The van der Waals surface area contributed by atoms with E-state index in [4.69, 9.17) is 4.74 Å². The van der Waals surface area contributed by atoms with Crippen LogP contribution >= 0.6 is 0 Å². The van der Waals surface area contributed by atoms with E-state index in [9.17, 15) is 14.4 Å². The molecule has 15 heavy (non-hydrogen) atoms. The predicted octanol–water partition coefficient (Wildman–Crippen LogP) is 0.375. The molecule has 86 valence electrons. The molecular formula is C10H17NO4. The average molecular weight is 215 g/mol. The molecule has 0 aliphatic heterocycles. The topological polar surface area (TPSA) is 63.7 Å². The minimum absolute atomic E-state index is 0.506. The van der Waals surface area contributed by atoms with E-state index in [0.717, 1.165) is 4.90 Å². The highest BCUT2D eigenvalue weighted by atomic mass is 16.6. The van der Waals surface area contributed by atoms with Gasteiger partial charge in [0.25, 0.3) is 5.91 Å². The largest absolute Gasteiger partial charge is 0.460 e. The Balaban J connectivity index is 4.20. The minimum atomic E-state index is -0.755. The third-order valence-corrected chi connectivity index (χ3v) is 1.37. The summed E-state index contributed by atoms with van der Waals surface area (Å²) in [6.45, 7) is 5.09. The van der Waals surface area contributed by atoms with E-state index in [1.807, 2.05) is 0 Å². The summed E-state index contributed by atoms with van der Waals surface area (Å²) in [4.78, 5) is 34.6. The number of likely N-dealkylation sites (N-methyl/N-ethyl adjacent to an activating group) is 1. The van der Waals surface area contributed by atoms with Gasteiger partial charge >= 0.3 is 5.97 Å². The zero-order valence-corrected chi connectivity index (χ0v) is 9.79. The number of ether oxygens (including phenoxy) is 1. The molecule has 0 fully saturated rings. The molecule has 0 heterocycles. The fourth-order valence-corrected chi connectivity index (χ4v) is 0.834. The minimum Gasteiger partial charge on any atom is -0.460 e. The number of carbonyl (C=O) groups excluding carboxylic acids is 3. The second kappa shape index (κ2) is 4.91. The quantitative estimate of drug-likeness (QED) is 0.388. The van der Waals surface area contributed by atoms with Crippen molar-refractivity contribution in [1.29, 1.82) is 0 Å². The van der Waals surface area contributed by atoms with Gasteiger partial charge in [0.05, 0.1) is 0 Å². The molecule has 0 saturated heterocycles. The predicted molar refractivity (Wildman–Crippen MR) is 54.2 cm³/mol. The van der Waals surface area contributed by atoms with Crippen molar-refractivity contribution in [3.8, 4) is 0 Å². The summed E-state index contributed by atoms with van der Waals surface area (Å²) in [5, 5.41) is 0. The van der Waals surface area contributed by atoms with Gasteiger partial charge in [-0.25, -0.2) is 0 Å². The lowest BCUT2D eigenvalue weighted by Gasteiger charge is -2.19. The van der Waals surface area contributed by atoms with Crippen LogP contribution in [0.4, 0.5) is 0 Å². The summed E-state index contributed by atoms with van der Waals surface area (Å²) in [5.74, 6) is -2.13. The second-order valence-electron chi connectivity index (χ2n) is 4.39. The van der Waals surface area contributed by atoms with E-state index in [-0.39, 0.29) is 0 Å². The molecule has 0 aliphatic carbocycles. The summed E-state index contributed by atoms with van der Waals surface area (Å²) in [7, 11) is 2.91. The molecular weight excluding hydrogens is 198 g/mol. The van der Waals surface area contributed by atoms with Gasteiger partial charge < -0.3 is 9.64 Å². The van der Waals surface area contributed by atoms with E-state index < -0.39 is 29.7 Å². The van der Waals surface area contributed by atoms with Crippen molar-refractivity contribution >= 4 is 17.7 Å². The van der Waals surface area contributed by atoms with Gasteiger partial charge in [-0.2, -0.15) is 0 Å². The number of hydrogen-bond acceptors (Lipinski definition) is 4. The first-order valence-electron chi connectivity index (χ1n) is 4.60. The molecule has 0 bridgehead atoms. The van der Waals surface area contributed by atoms with Crippen molar-refractivity contribution < 1.29 is 19.1 Å². The summed E-state index contributed by atoms with van der Waals surface area (Å²) in [6.07, 6.45) is -0.506. The third-order valence-electron chi connectivity index (χ3n) is 1.37. The molecule has 5 heteroatoms. The molecule has 0 radical (unpaired) electrons. The smallest absolute Gasteiger partial charge is 0.314 e. The van der Waals surface area contributed by atoms with Gasteiger partial charge in [-0.05, 0) is 20.8 Å². The van der Waals surface area contributed by atoms with Crippen LogP contribution in [-0.4, -0.2) is 42.3 Å². The highest BCUT2D eigenvalue weighted by Crippen LogP contribution is 2.08. The molecule has 0 N–H and O–H groups in total. The number of nitrogens with zero attached hydrogens (tertiary/aromatic N) is 1. The van der Waals surface area contributed by atoms with Crippen molar-refractivity contribution in [3.63, 3.8) is 0 Å². The first kappa shape index (κ1) is 13.6. The van der Waals surface area contributed by atoms with Crippen molar-refractivity contribution in [2.45, 2.75) is 32.8 Å². The molecule has 0 aromatic carbocycles. The maximum Gasteiger partial charge on any atom is 0.314 e. The first-order valence-corrected chi connectivity index (χ1v) is 4.60. The molecule has 0 rings (SSSR count). The van der Waals surface area contributed by atoms with Gasteiger partial charge in [-0.15, -0.1) is 0 Å². The van der Waals surface area contributed by atoms with Crippen LogP contribution in [0.5, 0.6) is 0 Å². The Morgan fingerprint density at radius 2 is 1.60 bits per heavy atom. The Morgan fingerprint density at radius 3 is 1.93 bits per heavy atom. The Labute approximate surface area is 89.4 Å². The molecule has 0 atom stereocenters. The fraction of sp³-hybridized carbons (Fsp3) is 0.700. The molecule has 1 amide bonds. The molecule has 0 spiro atoms. The van der Waals surface area contributed by atoms with E-state index >= 15 is 0 Å². The molecule has 0 unspecified atom stereocenters. The summed E-state index contributed by atoms with van der Waals surface area (Å²) < 4.78 is 4.91. The number of amides is 1. The van der Waals surface area contributed by atoms with Gasteiger partial charge in [0.2, 0.25) is 5.78 Å². The monoisotopic (exact) mass is 215 g/mol. The molecule has 0 aromatic rings. The van der Waals surface area contributed by atoms with Crippen LogP contribution in [0, 0.1) is 0 Å². The van der Waals surface area contributed by atoms with E-state index in [2.05, 4.69) is 0 Å². The SMILES string of the molecule is CN(C)C(=O)C(=O)CC(=O)OC(C)(C)C. The lowest BCUT2D eigenvalue weighted by molar-refractivity contribution is -0.158. The second-order valence-corrected chi connectivity index (χ2v) is 4.39. The summed E-state index contributed by atoms with van der Waals surface area (Å²) >= 11 is 0. The first-order chi connectivity index (χ1) is 6.63. The van der Waals surface area contributed by atoms with E-state index in [1.165, 1.54) is 14.1 Å². The van der Waals surface area contributed by atoms with Gasteiger partial charge in [-0.1, -0.05) is 0 Å². The van der Waals surface area contributed by atoms with Crippen LogP contribution in [0.25, 0.3) is 0 Å². The number of esters is 1. The van der Waals surface area contributed by atoms with Crippen molar-refractivity contribution in [2.75, 3.05) is 14.1 Å². The number of ketones is 1. The lowest BCUT2D eigenvalue weighted by atomic mass is 10.2. The van der Waals surface area contributed by atoms with Crippen molar-refractivity contribution in [1.82, 2.24) is 4.90 Å². The molecule has 0 saturated carbocycles.